The van der Waals surface area contributed by atoms with Crippen molar-refractivity contribution in [1.82, 2.24) is 5.32 Å². The molecule has 2 amide bonds. The van der Waals surface area contributed by atoms with Crippen molar-refractivity contribution in [3.05, 3.63) is 0 Å². The van der Waals surface area contributed by atoms with Gasteiger partial charge in [0.25, 0.3) is 0 Å². The molecule has 5 N–H and O–H groups in total. The average Bonchev–Trinajstić information content (AvgIpc) is 1.65. The van der Waals surface area contributed by atoms with E-state index < -0.39 is 6.03 Å². The van der Waals surface area contributed by atoms with Crippen molar-refractivity contribution in [2.45, 2.75) is 0 Å². The topological polar surface area (TPSA) is 93.5 Å². The molecule has 0 aromatic carbocycles. The fraction of sp³-hybridized carbons (Fsp3) is 0. The van der Waals surface area contributed by atoms with Gasteiger partial charge in [-0.3, -0.25) is 5.32 Å². The zero-order valence-corrected chi connectivity index (χ0v) is 4.85. The van der Waals surface area contributed by atoms with Gasteiger partial charge in [-0.25, -0.2) is 4.79 Å². The molecule has 0 heterocycles. The van der Waals surface area contributed by atoms with E-state index in [-0.39, 0.29) is 5.96 Å². The highest BCUT2D eigenvalue weighted by Gasteiger charge is 1.90. The van der Waals surface area contributed by atoms with Crippen LogP contribution in [0.1, 0.15) is 0 Å². The fourth-order valence-electron chi connectivity index (χ4n) is 0.151. The second kappa shape index (κ2) is 3.14. The smallest absolute Gasteiger partial charge is 0.318 e. The summed E-state index contributed by atoms with van der Waals surface area (Å²) in [6.45, 7) is 0. The standard InChI is InChI=1S/C2H6N4OS/c3-1(6-8)5-2(4)7/h8H,(H5,3,4,5,6,7). The maximum atomic E-state index is 9.88. The number of hydrogen-bond acceptors (Lipinski definition) is 3. The van der Waals surface area contributed by atoms with E-state index in [9.17, 15) is 4.79 Å². The Kier molecular flexibility index (Phi) is 2.78. The van der Waals surface area contributed by atoms with Crippen LogP contribution in [0.5, 0.6) is 0 Å². The van der Waals surface area contributed by atoms with Gasteiger partial charge in [-0.15, -0.1) is 0 Å². The Morgan fingerprint density at radius 3 is 2.25 bits per heavy atom. The molecule has 0 bridgehead atoms. The van der Waals surface area contributed by atoms with Gasteiger partial charge < -0.3 is 11.5 Å². The van der Waals surface area contributed by atoms with Gasteiger partial charge in [-0.1, -0.05) is 0 Å². The summed E-state index contributed by atoms with van der Waals surface area (Å²) >= 11 is 3.38. The number of nitrogens with zero attached hydrogens (tertiary/aromatic N) is 1. The molecule has 0 aromatic heterocycles. The van der Waals surface area contributed by atoms with Gasteiger partial charge >= 0.3 is 6.03 Å². The lowest BCUT2D eigenvalue weighted by Gasteiger charge is -1.94. The minimum atomic E-state index is -0.750. The quantitative estimate of drug-likeness (QED) is 0.190. The molecule has 0 saturated heterocycles. The molecule has 0 spiro atoms. The minimum absolute atomic E-state index is 0.110. The molecular formula is C2H6N4OS. The van der Waals surface area contributed by atoms with Gasteiger partial charge in [0.1, 0.15) is 0 Å². The van der Waals surface area contributed by atoms with Gasteiger partial charge in [0.2, 0.25) is 5.96 Å². The third-order valence-electron chi connectivity index (χ3n) is 0.359. The van der Waals surface area contributed by atoms with E-state index in [1.807, 2.05) is 5.32 Å². The molecular weight excluding hydrogens is 128 g/mol. The molecule has 0 aliphatic heterocycles. The predicted octanol–water partition coefficient (Wildman–Crippen LogP) is -1.19. The Labute approximate surface area is 51.7 Å². The highest BCUT2D eigenvalue weighted by atomic mass is 32.1. The number of guanidine groups is 1. The molecule has 0 atom stereocenters. The number of carbonyl (C=O) groups excluding carboxylic acids is 1. The Morgan fingerprint density at radius 1 is 1.62 bits per heavy atom. The van der Waals surface area contributed by atoms with Gasteiger partial charge in [0, 0.05) is 0 Å². The van der Waals surface area contributed by atoms with Crippen LogP contribution in [-0.4, -0.2) is 12.0 Å². The first kappa shape index (κ1) is 7.09. The van der Waals surface area contributed by atoms with Crippen molar-refractivity contribution < 1.29 is 4.79 Å². The summed E-state index contributed by atoms with van der Waals surface area (Å²) in [6, 6.07) is -0.750. The minimum Gasteiger partial charge on any atom is -0.369 e. The van der Waals surface area contributed by atoms with Gasteiger partial charge in [-0.05, 0) is 12.8 Å². The van der Waals surface area contributed by atoms with Crippen LogP contribution in [0.3, 0.4) is 0 Å². The van der Waals surface area contributed by atoms with Crippen molar-refractivity contribution in [3.63, 3.8) is 0 Å². The Hall–Kier alpha value is -0.910. The molecule has 0 fully saturated rings. The summed E-state index contributed by atoms with van der Waals surface area (Å²) in [6.07, 6.45) is 0. The van der Waals surface area contributed by atoms with Crippen LogP contribution in [0.2, 0.25) is 0 Å². The lowest BCUT2D eigenvalue weighted by Crippen LogP contribution is -2.39. The summed E-state index contributed by atoms with van der Waals surface area (Å²) in [5.41, 5.74) is 9.56. The largest absolute Gasteiger partial charge is 0.369 e. The van der Waals surface area contributed by atoms with Crippen LogP contribution in [0.4, 0.5) is 4.79 Å². The monoisotopic (exact) mass is 134 g/mol. The zero-order valence-electron chi connectivity index (χ0n) is 3.96. The summed E-state index contributed by atoms with van der Waals surface area (Å²) in [4.78, 5) is 9.88. The Bertz CT molecular complexity index is 121. The highest BCUT2D eigenvalue weighted by molar-refractivity contribution is 7.79. The molecule has 0 saturated carbocycles. The number of thiol groups is 1. The van der Waals surface area contributed by atoms with E-state index in [1.54, 1.807) is 0 Å². The SMILES string of the molecule is NC(=O)N/C(N)=N/S. The van der Waals surface area contributed by atoms with Gasteiger partial charge in [-0.2, -0.15) is 4.40 Å². The van der Waals surface area contributed by atoms with Crippen molar-refractivity contribution in [1.29, 1.82) is 0 Å². The third-order valence-corrected chi connectivity index (χ3v) is 0.574. The lowest BCUT2D eigenvalue weighted by atomic mass is 10.9. The Morgan fingerprint density at radius 2 is 2.12 bits per heavy atom. The maximum Gasteiger partial charge on any atom is 0.318 e. The number of carbonyl (C=O) groups is 1. The first-order chi connectivity index (χ1) is 3.66. The van der Waals surface area contributed by atoms with Crippen LogP contribution in [0.25, 0.3) is 0 Å². The first-order valence-corrected chi connectivity index (χ1v) is 2.11. The molecule has 0 aliphatic rings. The summed E-state index contributed by atoms with van der Waals surface area (Å²) in [5.74, 6) is -0.110. The zero-order chi connectivity index (χ0) is 6.57. The van der Waals surface area contributed by atoms with E-state index >= 15 is 0 Å². The number of primary amides is 1. The van der Waals surface area contributed by atoms with Gasteiger partial charge in [0.15, 0.2) is 0 Å². The maximum absolute atomic E-state index is 9.88. The van der Waals surface area contributed by atoms with E-state index in [0.29, 0.717) is 0 Å². The van der Waals surface area contributed by atoms with Crippen LogP contribution in [0.15, 0.2) is 4.40 Å². The van der Waals surface area contributed by atoms with Crippen LogP contribution in [0, 0.1) is 0 Å². The molecule has 6 heteroatoms. The van der Waals surface area contributed by atoms with Gasteiger partial charge in [0.05, 0.1) is 0 Å². The number of nitrogens with two attached hydrogens (primary N) is 2. The van der Waals surface area contributed by atoms with Crippen molar-refractivity contribution >= 4 is 24.8 Å². The van der Waals surface area contributed by atoms with E-state index in [2.05, 4.69) is 22.9 Å². The fourth-order valence-corrected chi connectivity index (χ4v) is 0.201. The molecule has 0 unspecified atom stereocenters. The number of hydrogen-bond donors (Lipinski definition) is 4. The molecule has 46 valence electrons. The number of nitrogens with one attached hydrogen (secondary N) is 1. The van der Waals surface area contributed by atoms with Crippen LogP contribution >= 0.6 is 12.8 Å². The van der Waals surface area contributed by atoms with Crippen LogP contribution < -0.4 is 16.8 Å². The summed E-state index contributed by atoms with van der Waals surface area (Å²) in [7, 11) is 0. The average molecular weight is 134 g/mol. The second-order valence-corrected chi connectivity index (χ2v) is 1.17. The van der Waals surface area contributed by atoms with Crippen LogP contribution in [-0.2, 0) is 0 Å². The Balaban J connectivity index is 3.56. The third kappa shape index (κ3) is 3.29. The summed E-state index contributed by atoms with van der Waals surface area (Å²) < 4.78 is 3.11. The van der Waals surface area contributed by atoms with Crippen molar-refractivity contribution in [3.8, 4) is 0 Å². The second-order valence-electron chi connectivity index (χ2n) is 0.974. The van der Waals surface area contributed by atoms with E-state index in [4.69, 9.17) is 5.73 Å². The summed E-state index contributed by atoms with van der Waals surface area (Å²) in [5, 5.41) is 1.98. The molecule has 0 aliphatic carbocycles. The number of rotatable bonds is 0. The predicted molar refractivity (Wildman–Crippen MR) is 33.3 cm³/mol. The van der Waals surface area contributed by atoms with E-state index in [0.717, 1.165) is 0 Å². The first-order valence-electron chi connectivity index (χ1n) is 1.71. The molecule has 8 heavy (non-hydrogen) atoms. The highest BCUT2D eigenvalue weighted by Crippen LogP contribution is 1.69. The number of urea groups is 1. The van der Waals surface area contributed by atoms with E-state index in [1.165, 1.54) is 0 Å². The molecule has 0 aromatic rings. The normalized spacial score (nSPS) is 10.9. The number of amides is 2. The molecule has 5 nitrogen and oxygen atoms in total. The van der Waals surface area contributed by atoms with Crippen molar-refractivity contribution in [2.75, 3.05) is 0 Å². The van der Waals surface area contributed by atoms with Crippen molar-refractivity contribution in [2.24, 2.45) is 15.9 Å². The molecule has 0 rings (SSSR count). The molecule has 0 radical (unpaired) electrons. The lowest BCUT2D eigenvalue weighted by molar-refractivity contribution is 0.253.